The van der Waals surface area contributed by atoms with Gasteiger partial charge in [0.15, 0.2) is 0 Å². The first-order valence-electron chi connectivity index (χ1n) is 7.73. The fraction of sp³-hybridized carbons (Fsp3) is 0.294. The second-order valence-corrected chi connectivity index (χ2v) is 7.32. The molecule has 3 aromatic rings. The number of carbonyl (C=O) groups is 1. The topological polar surface area (TPSA) is 72.9 Å². The van der Waals surface area contributed by atoms with Crippen LogP contribution in [0.4, 0.5) is 0 Å². The van der Waals surface area contributed by atoms with Crippen molar-refractivity contribution >= 4 is 39.1 Å². The van der Waals surface area contributed by atoms with Crippen LogP contribution in [0.3, 0.4) is 0 Å². The normalized spacial score (nSPS) is 12.5. The Hall–Kier alpha value is -1.89. The maximum atomic E-state index is 12.3. The molecule has 3 rings (SSSR count). The largest absolute Gasteiger partial charge is 0.351 e. The molecule has 0 radical (unpaired) electrons. The van der Waals surface area contributed by atoms with Crippen molar-refractivity contribution in [1.82, 2.24) is 15.1 Å². The van der Waals surface area contributed by atoms with Gasteiger partial charge in [0.25, 0.3) is 5.91 Å². The standard InChI is InChI=1S/C17H19ClN4OS/c1-10(8-19)9-20-16(23)15-7-14-11(2)21-22(17(14)24-15)13-5-3-12(18)4-6-13/h3-7,10H,8-9,19H2,1-2H3,(H,20,23). The van der Waals surface area contributed by atoms with Crippen LogP contribution in [-0.2, 0) is 0 Å². The van der Waals surface area contributed by atoms with E-state index < -0.39 is 0 Å². The molecule has 0 aliphatic rings. The Morgan fingerprint density at radius 3 is 2.79 bits per heavy atom. The van der Waals surface area contributed by atoms with Gasteiger partial charge in [-0.25, -0.2) is 4.68 Å². The summed E-state index contributed by atoms with van der Waals surface area (Å²) in [7, 11) is 0. The first-order valence-corrected chi connectivity index (χ1v) is 8.92. The second-order valence-electron chi connectivity index (χ2n) is 5.85. The van der Waals surface area contributed by atoms with Crippen LogP contribution in [0.25, 0.3) is 15.9 Å². The SMILES string of the molecule is Cc1nn(-c2ccc(Cl)cc2)c2sc(C(=O)NCC(C)CN)cc12. The highest BCUT2D eigenvalue weighted by atomic mass is 35.5. The van der Waals surface area contributed by atoms with Crippen LogP contribution in [-0.4, -0.2) is 28.8 Å². The van der Waals surface area contributed by atoms with E-state index in [9.17, 15) is 4.79 Å². The Morgan fingerprint density at radius 1 is 1.42 bits per heavy atom. The zero-order chi connectivity index (χ0) is 17.3. The van der Waals surface area contributed by atoms with Gasteiger partial charge < -0.3 is 11.1 Å². The van der Waals surface area contributed by atoms with Crippen LogP contribution >= 0.6 is 22.9 Å². The number of nitrogens with one attached hydrogen (secondary N) is 1. The molecule has 2 heterocycles. The van der Waals surface area contributed by atoms with Crippen molar-refractivity contribution in [2.45, 2.75) is 13.8 Å². The molecule has 0 aliphatic carbocycles. The summed E-state index contributed by atoms with van der Waals surface area (Å²) in [6.45, 7) is 5.08. The summed E-state index contributed by atoms with van der Waals surface area (Å²) >= 11 is 7.39. The van der Waals surface area contributed by atoms with Crippen molar-refractivity contribution in [3.63, 3.8) is 0 Å². The molecule has 2 aromatic heterocycles. The van der Waals surface area contributed by atoms with E-state index in [0.717, 1.165) is 21.6 Å². The summed E-state index contributed by atoms with van der Waals surface area (Å²) in [5.74, 6) is 0.188. The van der Waals surface area contributed by atoms with E-state index in [4.69, 9.17) is 17.3 Å². The molecule has 0 fully saturated rings. The van der Waals surface area contributed by atoms with Crippen molar-refractivity contribution in [1.29, 1.82) is 0 Å². The fourth-order valence-electron chi connectivity index (χ4n) is 2.35. The summed E-state index contributed by atoms with van der Waals surface area (Å²) in [4.78, 5) is 14.0. The van der Waals surface area contributed by atoms with Crippen LogP contribution in [0.5, 0.6) is 0 Å². The minimum atomic E-state index is -0.0708. The van der Waals surface area contributed by atoms with E-state index >= 15 is 0 Å². The van der Waals surface area contributed by atoms with Crippen LogP contribution in [0.15, 0.2) is 30.3 Å². The lowest BCUT2D eigenvalue weighted by Gasteiger charge is -2.08. The quantitative estimate of drug-likeness (QED) is 0.730. The number of nitrogens with zero attached hydrogens (tertiary/aromatic N) is 2. The number of hydrogen-bond donors (Lipinski definition) is 2. The lowest BCUT2D eigenvalue weighted by Crippen LogP contribution is -2.30. The second kappa shape index (κ2) is 6.93. The molecule has 3 N–H and O–H groups in total. The summed E-state index contributed by atoms with van der Waals surface area (Å²) in [6, 6.07) is 9.38. The predicted octanol–water partition coefficient (Wildman–Crippen LogP) is 3.37. The van der Waals surface area contributed by atoms with Crippen molar-refractivity contribution in [2.75, 3.05) is 13.1 Å². The minimum absolute atomic E-state index is 0.0708. The summed E-state index contributed by atoms with van der Waals surface area (Å²) < 4.78 is 1.85. The first kappa shape index (κ1) is 17.0. The maximum Gasteiger partial charge on any atom is 0.261 e. The van der Waals surface area contributed by atoms with Gasteiger partial charge in [-0.05, 0) is 49.7 Å². The van der Waals surface area contributed by atoms with E-state index in [1.165, 1.54) is 11.3 Å². The zero-order valence-electron chi connectivity index (χ0n) is 13.5. The van der Waals surface area contributed by atoms with Gasteiger partial charge in [0.1, 0.15) is 4.83 Å². The molecule has 1 amide bonds. The molecular weight excluding hydrogens is 344 g/mol. The Labute approximate surface area is 149 Å². The number of hydrogen-bond acceptors (Lipinski definition) is 4. The highest BCUT2D eigenvalue weighted by Crippen LogP contribution is 2.30. The van der Waals surface area contributed by atoms with Crippen molar-refractivity contribution in [3.8, 4) is 5.69 Å². The number of rotatable bonds is 5. The zero-order valence-corrected chi connectivity index (χ0v) is 15.1. The number of benzene rings is 1. The monoisotopic (exact) mass is 362 g/mol. The lowest BCUT2D eigenvalue weighted by molar-refractivity contribution is 0.0952. The molecule has 0 aliphatic heterocycles. The van der Waals surface area contributed by atoms with Crippen molar-refractivity contribution < 1.29 is 4.79 Å². The number of amides is 1. The third-order valence-electron chi connectivity index (χ3n) is 3.85. The van der Waals surface area contributed by atoms with Gasteiger partial charge in [-0.1, -0.05) is 18.5 Å². The van der Waals surface area contributed by atoms with Gasteiger partial charge in [-0.15, -0.1) is 11.3 Å². The van der Waals surface area contributed by atoms with Gasteiger partial charge in [0.2, 0.25) is 0 Å². The number of carbonyl (C=O) groups excluding carboxylic acids is 1. The Kier molecular flexibility index (Phi) is 4.89. The average molecular weight is 363 g/mol. The summed E-state index contributed by atoms with van der Waals surface area (Å²) in [5.41, 5.74) is 7.40. The molecule has 0 bridgehead atoms. The van der Waals surface area contributed by atoms with Gasteiger partial charge in [-0.3, -0.25) is 4.79 Å². The maximum absolute atomic E-state index is 12.3. The van der Waals surface area contributed by atoms with E-state index in [1.807, 2.05) is 48.9 Å². The highest BCUT2D eigenvalue weighted by molar-refractivity contribution is 7.20. The molecule has 126 valence electrons. The molecule has 1 atom stereocenters. The number of nitrogens with two attached hydrogens (primary N) is 1. The highest BCUT2D eigenvalue weighted by Gasteiger charge is 2.17. The van der Waals surface area contributed by atoms with Gasteiger partial charge >= 0.3 is 0 Å². The van der Waals surface area contributed by atoms with Crippen LogP contribution in [0.2, 0.25) is 5.02 Å². The number of aryl methyl sites for hydroxylation is 1. The summed E-state index contributed by atoms with van der Waals surface area (Å²) in [5, 5.41) is 9.18. The first-order chi connectivity index (χ1) is 11.5. The molecule has 0 saturated heterocycles. The molecule has 0 spiro atoms. The van der Waals surface area contributed by atoms with Gasteiger partial charge in [0.05, 0.1) is 16.3 Å². The van der Waals surface area contributed by atoms with Crippen LogP contribution in [0, 0.1) is 12.8 Å². The predicted molar refractivity (Wildman–Crippen MR) is 99.2 cm³/mol. The molecular formula is C17H19ClN4OS. The van der Waals surface area contributed by atoms with E-state index in [2.05, 4.69) is 10.4 Å². The summed E-state index contributed by atoms with van der Waals surface area (Å²) in [6.07, 6.45) is 0. The van der Waals surface area contributed by atoms with E-state index in [0.29, 0.717) is 23.0 Å². The van der Waals surface area contributed by atoms with Crippen LogP contribution in [0.1, 0.15) is 22.3 Å². The average Bonchev–Trinajstić information content (AvgIpc) is 3.14. The Balaban J connectivity index is 1.92. The molecule has 1 unspecified atom stereocenters. The van der Waals surface area contributed by atoms with Gasteiger partial charge in [0, 0.05) is 17.0 Å². The Bertz CT molecular complexity index is 869. The lowest BCUT2D eigenvalue weighted by atomic mass is 10.2. The molecule has 1 aromatic carbocycles. The minimum Gasteiger partial charge on any atom is -0.351 e. The molecule has 5 nitrogen and oxygen atoms in total. The third-order valence-corrected chi connectivity index (χ3v) is 5.21. The Morgan fingerprint density at radius 2 is 2.12 bits per heavy atom. The molecule has 0 saturated carbocycles. The number of aromatic nitrogens is 2. The van der Waals surface area contributed by atoms with Crippen LogP contribution < -0.4 is 11.1 Å². The smallest absolute Gasteiger partial charge is 0.261 e. The van der Waals surface area contributed by atoms with Crippen molar-refractivity contribution in [2.24, 2.45) is 11.7 Å². The molecule has 7 heteroatoms. The third kappa shape index (κ3) is 3.31. The fourth-order valence-corrected chi connectivity index (χ4v) is 3.58. The number of halogens is 1. The van der Waals surface area contributed by atoms with E-state index in [1.54, 1.807) is 0 Å². The van der Waals surface area contributed by atoms with E-state index in [-0.39, 0.29) is 11.8 Å². The van der Waals surface area contributed by atoms with Gasteiger partial charge in [-0.2, -0.15) is 5.10 Å². The number of fused-ring (bicyclic) bond motifs is 1. The number of thiophene rings is 1. The molecule has 24 heavy (non-hydrogen) atoms. The van der Waals surface area contributed by atoms with Crippen molar-refractivity contribution in [3.05, 3.63) is 45.9 Å².